The average molecular weight is 362 g/mol. The fourth-order valence-corrected chi connectivity index (χ4v) is 4.54. The molecule has 8 heteroatoms. The third-order valence-electron chi connectivity index (χ3n) is 4.00. The first-order valence-electron chi connectivity index (χ1n) is 7.87. The third-order valence-corrected chi connectivity index (χ3v) is 5.76. The van der Waals surface area contributed by atoms with Crippen molar-refractivity contribution in [2.45, 2.75) is 19.4 Å². The molecule has 1 aliphatic heterocycles. The van der Waals surface area contributed by atoms with Crippen LogP contribution >= 0.6 is 0 Å². The molecule has 25 heavy (non-hydrogen) atoms. The van der Waals surface area contributed by atoms with Gasteiger partial charge in [0.2, 0.25) is 0 Å². The molecule has 7 nitrogen and oxygen atoms in total. The molecule has 0 saturated carbocycles. The van der Waals surface area contributed by atoms with Crippen LogP contribution in [-0.4, -0.2) is 49.4 Å². The van der Waals surface area contributed by atoms with E-state index in [2.05, 4.69) is 10.3 Å². The predicted octanol–water partition coefficient (Wildman–Crippen LogP) is 1.00. The quantitative estimate of drug-likeness (QED) is 0.814. The Morgan fingerprint density at radius 2 is 2.08 bits per heavy atom. The number of ether oxygens (including phenoxy) is 1. The molecule has 1 aromatic heterocycles. The van der Waals surface area contributed by atoms with Crippen LogP contribution in [-0.2, 0) is 19.4 Å². The number of rotatable bonds is 4. The normalized spacial score (nSPS) is 18.8. The lowest BCUT2D eigenvalue weighted by Crippen LogP contribution is -2.38. The van der Waals surface area contributed by atoms with Gasteiger partial charge in [-0.3, -0.25) is 9.78 Å². The number of sulfone groups is 1. The summed E-state index contributed by atoms with van der Waals surface area (Å²) in [6.45, 7) is 1.32. The summed E-state index contributed by atoms with van der Waals surface area (Å²) in [6.07, 6.45) is 0.385. The second-order valence-electron chi connectivity index (χ2n) is 6.07. The van der Waals surface area contributed by atoms with E-state index in [-0.39, 0.29) is 11.5 Å². The average Bonchev–Trinajstić information content (AvgIpc) is 2.90. The zero-order valence-corrected chi connectivity index (χ0v) is 14.5. The Labute approximate surface area is 145 Å². The van der Waals surface area contributed by atoms with Gasteiger partial charge >= 0.3 is 5.97 Å². The van der Waals surface area contributed by atoms with Gasteiger partial charge in [0.1, 0.15) is 0 Å². The van der Waals surface area contributed by atoms with Crippen LogP contribution in [0.2, 0.25) is 0 Å². The van der Waals surface area contributed by atoms with E-state index in [1.54, 1.807) is 31.2 Å². The molecule has 2 heterocycles. The number of benzene rings is 1. The summed E-state index contributed by atoms with van der Waals surface area (Å²) in [5.74, 6) is -1.12. The number of para-hydroxylation sites is 1. The van der Waals surface area contributed by atoms with Gasteiger partial charge < -0.3 is 10.1 Å². The Balaban J connectivity index is 1.64. The van der Waals surface area contributed by atoms with E-state index < -0.39 is 34.4 Å². The zero-order chi connectivity index (χ0) is 18.0. The van der Waals surface area contributed by atoms with Crippen LogP contribution in [0.25, 0.3) is 10.9 Å². The second-order valence-corrected chi connectivity index (χ2v) is 8.30. The predicted molar refractivity (Wildman–Crippen MR) is 92.0 cm³/mol. The van der Waals surface area contributed by atoms with Crippen molar-refractivity contribution in [3.8, 4) is 0 Å². The Kier molecular flexibility index (Phi) is 4.71. The molecule has 0 radical (unpaired) electrons. The molecule has 132 valence electrons. The molecule has 0 spiro atoms. The number of hydrogen-bond acceptors (Lipinski definition) is 6. The first-order chi connectivity index (χ1) is 11.8. The summed E-state index contributed by atoms with van der Waals surface area (Å²) in [4.78, 5) is 28.6. The summed E-state index contributed by atoms with van der Waals surface area (Å²) in [6, 6.07) is 8.39. The first kappa shape index (κ1) is 17.3. The molecular weight excluding hydrogens is 344 g/mol. The van der Waals surface area contributed by atoms with Crippen molar-refractivity contribution < 1.29 is 22.7 Å². The lowest BCUT2D eigenvalue weighted by atomic mass is 10.1. The number of carbonyl (C=O) groups excluding carboxylic acids is 2. The molecule has 1 N–H and O–H groups in total. The van der Waals surface area contributed by atoms with Gasteiger partial charge in [0.05, 0.1) is 22.6 Å². The van der Waals surface area contributed by atoms with E-state index in [1.165, 1.54) is 0 Å². The Morgan fingerprint density at radius 1 is 1.32 bits per heavy atom. The van der Waals surface area contributed by atoms with Crippen LogP contribution in [0.5, 0.6) is 0 Å². The maximum absolute atomic E-state index is 12.3. The van der Waals surface area contributed by atoms with Crippen LogP contribution in [0.4, 0.5) is 0 Å². The maximum Gasteiger partial charge on any atom is 0.339 e. The minimum absolute atomic E-state index is 0.0686. The van der Waals surface area contributed by atoms with Crippen LogP contribution in [0.3, 0.4) is 0 Å². The van der Waals surface area contributed by atoms with E-state index in [0.717, 1.165) is 0 Å². The molecule has 1 aromatic carbocycles. The van der Waals surface area contributed by atoms with Crippen molar-refractivity contribution in [2.75, 3.05) is 18.1 Å². The van der Waals surface area contributed by atoms with Crippen molar-refractivity contribution in [1.82, 2.24) is 10.3 Å². The topological polar surface area (TPSA) is 102 Å². The van der Waals surface area contributed by atoms with Crippen LogP contribution in [0.1, 0.15) is 22.5 Å². The number of aryl methyl sites for hydroxylation is 1. The van der Waals surface area contributed by atoms with Gasteiger partial charge in [-0.25, -0.2) is 13.2 Å². The fourth-order valence-electron chi connectivity index (χ4n) is 2.86. The molecule has 1 unspecified atom stereocenters. The smallest absolute Gasteiger partial charge is 0.339 e. The molecule has 1 fully saturated rings. The van der Waals surface area contributed by atoms with Gasteiger partial charge in [-0.15, -0.1) is 0 Å². The highest BCUT2D eigenvalue weighted by molar-refractivity contribution is 7.91. The van der Waals surface area contributed by atoms with Gasteiger partial charge in [0.15, 0.2) is 16.4 Å². The van der Waals surface area contributed by atoms with E-state index in [9.17, 15) is 18.0 Å². The number of nitrogens with zero attached hydrogens (tertiary/aromatic N) is 1. The molecule has 1 aliphatic rings. The Hall–Kier alpha value is -2.48. The number of esters is 1. The van der Waals surface area contributed by atoms with Crippen LogP contribution in [0, 0.1) is 6.92 Å². The van der Waals surface area contributed by atoms with E-state index >= 15 is 0 Å². The number of aromatic nitrogens is 1. The summed E-state index contributed by atoms with van der Waals surface area (Å²) in [5, 5.41) is 3.24. The monoisotopic (exact) mass is 362 g/mol. The summed E-state index contributed by atoms with van der Waals surface area (Å²) >= 11 is 0. The first-order valence-corrected chi connectivity index (χ1v) is 9.69. The summed E-state index contributed by atoms with van der Waals surface area (Å²) in [7, 11) is -3.07. The van der Waals surface area contributed by atoms with E-state index in [4.69, 9.17) is 4.74 Å². The van der Waals surface area contributed by atoms with Crippen LogP contribution in [0.15, 0.2) is 30.3 Å². The molecule has 3 rings (SSSR count). The van der Waals surface area contributed by atoms with Crippen molar-refractivity contribution in [3.05, 3.63) is 41.6 Å². The van der Waals surface area contributed by atoms with Gasteiger partial charge in [-0.05, 0) is 25.5 Å². The third kappa shape index (κ3) is 4.14. The summed E-state index contributed by atoms with van der Waals surface area (Å²) in [5.41, 5.74) is 1.70. The van der Waals surface area contributed by atoms with Crippen molar-refractivity contribution in [2.24, 2.45) is 0 Å². The fraction of sp³-hybridized carbons (Fsp3) is 0.353. The highest BCUT2D eigenvalue weighted by Crippen LogP contribution is 2.19. The maximum atomic E-state index is 12.3. The van der Waals surface area contributed by atoms with E-state index in [1.807, 2.05) is 6.07 Å². The van der Waals surface area contributed by atoms with Gasteiger partial charge in [0.25, 0.3) is 5.91 Å². The molecule has 0 aliphatic carbocycles. The minimum atomic E-state index is -3.07. The van der Waals surface area contributed by atoms with Gasteiger partial charge in [0, 0.05) is 17.1 Å². The lowest BCUT2D eigenvalue weighted by Gasteiger charge is -2.12. The largest absolute Gasteiger partial charge is 0.452 e. The number of pyridine rings is 1. The molecule has 2 aromatic rings. The zero-order valence-electron chi connectivity index (χ0n) is 13.7. The Bertz CT molecular complexity index is 939. The Morgan fingerprint density at radius 3 is 2.80 bits per heavy atom. The van der Waals surface area contributed by atoms with Crippen LogP contribution < -0.4 is 5.32 Å². The highest BCUT2D eigenvalue weighted by Gasteiger charge is 2.29. The second kappa shape index (κ2) is 6.79. The number of amides is 1. The van der Waals surface area contributed by atoms with Crippen molar-refractivity contribution >= 4 is 32.6 Å². The van der Waals surface area contributed by atoms with Crippen molar-refractivity contribution in [1.29, 1.82) is 0 Å². The van der Waals surface area contributed by atoms with Gasteiger partial charge in [-0.1, -0.05) is 18.2 Å². The number of nitrogens with one attached hydrogen (secondary N) is 1. The highest BCUT2D eigenvalue weighted by atomic mass is 32.2. The lowest BCUT2D eigenvalue weighted by molar-refractivity contribution is -0.124. The molecule has 1 amide bonds. The van der Waals surface area contributed by atoms with Crippen molar-refractivity contribution in [3.63, 3.8) is 0 Å². The van der Waals surface area contributed by atoms with Gasteiger partial charge in [-0.2, -0.15) is 0 Å². The molecule has 1 saturated heterocycles. The molecule has 0 bridgehead atoms. The molecular formula is C17H18N2O5S. The number of hydrogen-bond donors (Lipinski definition) is 1. The number of fused-ring (bicyclic) bond motifs is 1. The molecule has 1 atom stereocenters. The summed E-state index contributed by atoms with van der Waals surface area (Å²) < 4.78 is 27.9. The minimum Gasteiger partial charge on any atom is -0.452 e. The van der Waals surface area contributed by atoms with E-state index in [0.29, 0.717) is 28.6 Å². The standard InChI is InChI=1S/C17H18N2O5S/c1-11-8-14(13-4-2-3-5-15(13)18-11)17(21)24-9-16(20)19-12-6-7-25(22,23)10-12/h2-5,8,12H,6-7,9-10H2,1H3,(H,19,20). The number of carbonyl (C=O) groups is 2. The SMILES string of the molecule is Cc1cc(C(=O)OCC(=O)NC2CCS(=O)(=O)C2)c2ccccc2n1.